The van der Waals surface area contributed by atoms with Crippen molar-refractivity contribution >= 4 is 11.5 Å². The standard InChI is InChI=1S/C14H22N6/c1-13(2)7-10(8-14(3,4)9-13)15-11-5-6-12-16-18-19-20(12)17-11/h5-6,10H,7-9H2,1-4H3,(H,15,17). The Morgan fingerprint density at radius 1 is 1.15 bits per heavy atom. The Morgan fingerprint density at radius 2 is 1.85 bits per heavy atom. The maximum Gasteiger partial charge on any atom is 0.200 e. The van der Waals surface area contributed by atoms with E-state index >= 15 is 0 Å². The molecule has 6 nitrogen and oxygen atoms in total. The SMILES string of the molecule is CC1(C)CC(Nc2ccc3nnnn3n2)CC(C)(C)C1. The largest absolute Gasteiger partial charge is 0.366 e. The average molecular weight is 274 g/mol. The Labute approximate surface area is 118 Å². The summed E-state index contributed by atoms with van der Waals surface area (Å²) < 4.78 is 1.46. The van der Waals surface area contributed by atoms with Crippen LogP contribution in [-0.4, -0.2) is 31.3 Å². The zero-order chi connectivity index (χ0) is 14.4. The summed E-state index contributed by atoms with van der Waals surface area (Å²) in [5.41, 5.74) is 1.39. The van der Waals surface area contributed by atoms with Gasteiger partial charge in [0.1, 0.15) is 5.82 Å². The Hall–Kier alpha value is -1.72. The maximum absolute atomic E-state index is 4.39. The van der Waals surface area contributed by atoms with Crippen LogP contribution in [0.3, 0.4) is 0 Å². The van der Waals surface area contributed by atoms with Gasteiger partial charge in [-0.05, 0) is 52.7 Å². The number of nitrogens with zero attached hydrogens (tertiary/aromatic N) is 5. The molecule has 2 heterocycles. The van der Waals surface area contributed by atoms with Crippen LogP contribution in [0.2, 0.25) is 0 Å². The van der Waals surface area contributed by atoms with Crippen molar-refractivity contribution in [3.63, 3.8) is 0 Å². The van der Waals surface area contributed by atoms with Crippen molar-refractivity contribution < 1.29 is 0 Å². The number of fused-ring (bicyclic) bond motifs is 1. The molecular formula is C14H22N6. The average Bonchev–Trinajstić information content (AvgIpc) is 2.71. The van der Waals surface area contributed by atoms with E-state index in [1.165, 1.54) is 11.1 Å². The first-order chi connectivity index (χ1) is 9.33. The highest BCUT2D eigenvalue weighted by molar-refractivity contribution is 5.42. The fourth-order valence-corrected chi connectivity index (χ4v) is 3.88. The van der Waals surface area contributed by atoms with Crippen molar-refractivity contribution in [2.45, 2.75) is 53.0 Å². The molecule has 6 heteroatoms. The van der Waals surface area contributed by atoms with Gasteiger partial charge in [0.2, 0.25) is 0 Å². The van der Waals surface area contributed by atoms with Crippen LogP contribution in [0.4, 0.5) is 5.82 Å². The molecule has 2 aromatic rings. The summed E-state index contributed by atoms with van der Waals surface area (Å²) in [6.07, 6.45) is 3.58. The molecule has 0 radical (unpaired) electrons. The number of tetrazole rings is 1. The lowest BCUT2D eigenvalue weighted by Crippen LogP contribution is -2.40. The third-order valence-corrected chi connectivity index (χ3v) is 3.98. The lowest BCUT2D eigenvalue weighted by Gasteiger charge is -2.45. The first-order valence-corrected chi connectivity index (χ1v) is 7.15. The third kappa shape index (κ3) is 2.73. The third-order valence-electron chi connectivity index (χ3n) is 3.98. The van der Waals surface area contributed by atoms with Gasteiger partial charge in [0.15, 0.2) is 5.65 Å². The molecular weight excluding hydrogens is 252 g/mol. The number of rotatable bonds is 2. The predicted molar refractivity (Wildman–Crippen MR) is 77.4 cm³/mol. The number of anilines is 1. The molecule has 0 unspecified atom stereocenters. The fraction of sp³-hybridized carbons (Fsp3) is 0.714. The Morgan fingerprint density at radius 3 is 2.55 bits per heavy atom. The van der Waals surface area contributed by atoms with Crippen LogP contribution in [-0.2, 0) is 0 Å². The Kier molecular flexibility index (Phi) is 2.92. The van der Waals surface area contributed by atoms with Gasteiger partial charge in [-0.3, -0.25) is 0 Å². The minimum atomic E-state index is 0.359. The van der Waals surface area contributed by atoms with E-state index in [4.69, 9.17) is 0 Å². The predicted octanol–water partition coefficient (Wildman–Crippen LogP) is 2.54. The van der Waals surface area contributed by atoms with Gasteiger partial charge in [-0.25, -0.2) is 0 Å². The molecule has 1 fully saturated rings. The van der Waals surface area contributed by atoms with Crippen LogP contribution in [0.1, 0.15) is 47.0 Å². The monoisotopic (exact) mass is 274 g/mol. The van der Waals surface area contributed by atoms with E-state index < -0.39 is 0 Å². The molecule has 0 amide bonds. The molecule has 0 atom stereocenters. The zero-order valence-electron chi connectivity index (χ0n) is 12.6. The quantitative estimate of drug-likeness (QED) is 0.911. The van der Waals surface area contributed by atoms with Gasteiger partial charge in [-0.1, -0.05) is 27.7 Å². The molecule has 20 heavy (non-hydrogen) atoms. The van der Waals surface area contributed by atoms with Crippen molar-refractivity contribution in [3.05, 3.63) is 12.1 Å². The summed E-state index contributed by atoms with van der Waals surface area (Å²) in [4.78, 5) is 0. The molecule has 108 valence electrons. The van der Waals surface area contributed by atoms with E-state index in [-0.39, 0.29) is 0 Å². The van der Waals surface area contributed by atoms with Crippen molar-refractivity contribution in [1.29, 1.82) is 0 Å². The van der Waals surface area contributed by atoms with Crippen molar-refractivity contribution in [3.8, 4) is 0 Å². The van der Waals surface area contributed by atoms with Crippen molar-refractivity contribution in [2.75, 3.05) is 5.32 Å². The van der Waals surface area contributed by atoms with Crippen LogP contribution in [0.5, 0.6) is 0 Å². The maximum atomic E-state index is 4.39. The van der Waals surface area contributed by atoms with Gasteiger partial charge < -0.3 is 5.32 Å². The highest BCUT2D eigenvalue weighted by Gasteiger charge is 2.38. The molecule has 3 rings (SSSR count). The first kappa shape index (κ1) is 13.3. The molecule has 1 saturated carbocycles. The topological polar surface area (TPSA) is 68.0 Å². The minimum Gasteiger partial charge on any atom is -0.366 e. The van der Waals surface area contributed by atoms with E-state index in [1.54, 1.807) is 0 Å². The molecule has 0 spiro atoms. The van der Waals surface area contributed by atoms with Crippen LogP contribution in [0.25, 0.3) is 5.65 Å². The van der Waals surface area contributed by atoms with Crippen molar-refractivity contribution in [2.24, 2.45) is 10.8 Å². The lowest BCUT2D eigenvalue weighted by atomic mass is 9.63. The molecule has 2 aromatic heterocycles. The molecule has 0 saturated heterocycles. The summed E-state index contributed by atoms with van der Waals surface area (Å²) >= 11 is 0. The molecule has 1 N–H and O–H groups in total. The van der Waals surface area contributed by atoms with E-state index in [0.29, 0.717) is 22.5 Å². The second-order valence-electron chi connectivity index (χ2n) is 7.50. The van der Waals surface area contributed by atoms with Crippen LogP contribution < -0.4 is 5.32 Å². The molecule has 0 bridgehead atoms. The molecule has 0 aromatic carbocycles. The zero-order valence-corrected chi connectivity index (χ0v) is 12.6. The fourth-order valence-electron chi connectivity index (χ4n) is 3.88. The van der Waals surface area contributed by atoms with Gasteiger partial charge in [0.25, 0.3) is 0 Å². The highest BCUT2D eigenvalue weighted by atomic mass is 15.6. The van der Waals surface area contributed by atoms with Gasteiger partial charge in [0.05, 0.1) is 0 Å². The minimum absolute atomic E-state index is 0.359. The first-order valence-electron chi connectivity index (χ1n) is 7.15. The summed E-state index contributed by atoms with van der Waals surface area (Å²) in [6.45, 7) is 9.39. The Bertz CT molecular complexity index is 599. The summed E-state index contributed by atoms with van der Waals surface area (Å²) in [5, 5.41) is 19.2. The normalized spacial score (nSPS) is 22.0. The van der Waals surface area contributed by atoms with Crippen LogP contribution >= 0.6 is 0 Å². The number of hydrogen-bond acceptors (Lipinski definition) is 5. The summed E-state index contributed by atoms with van der Waals surface area (Å²) in [7, 11) is 0. The van der Waals surface area contributed by atoms with Crippen LogP contribution in [0, 0.1) is 10.8 Å². The van der Waals surface area contributed by atoms with E-state index in [1.807, 2.05) is 12.1 Å². The Balaban J connectivity index is 1.79. The summed E-state index contributed by atoms with van der Waals surface area (Å²) in [6, 6.07) is 4.27. The van der Waals surface area contributed by atoms with Gasteiger partial charge >= 0.3 is 0 Å². The van der Waals surface area contributed by atoms with E-state index in [2.05, 4.69) is 53.6 Å². The molecule has 1 aliphatic rings. The molecule has 1 aliphatic carbocycles. The smallest absolute Gasteiger partial charge is 0.200 e. The second kappa shape index (κ2) is 4.40. The van der Waals surface area contributed by atoms with Gasteiger partial charge in [0, 0.05) is 6.04 Å². The number of nitrogens with one attached hydrogen (secondary N) is 1. The number of aromatic nitrogens is 5. The summed E-state index contributed by atoms with van der Waals surface area (Å²) in [5.74, 6) is 0.836. The van der Waals surface area contributed by atoms with Gasteiger partial charge in [-0.15, -0.1) is 14.8 Å². The van der Waals surface area contributed by atoms with Crippen LogP contribution in [0.15, 0.2) is 12.1 Å². The molecule has 0 aliphatic heterocycles. The van der Waals surface area contributed by atoms with Crippen molar-refractivity contribution in [1.82, 2.24) is 25.3 Å². The lowest BCUT2D eigenvalue weighted by molar-refractivity contribution is 0.105. The number of hydrogen-bond donors (Lipinski definition) is 1. The second-order valence-corrected chi connectivity index (χ2v) is 7.50. The van der Waals surface area contributed by atoms with E-state index in [0.717, 1.165) is 18.7 Å². The van der Waals surface area contributed by atoms with Gasteiger partial charge in [-0.2, -0.15) is 0 Å². The van der Waals surface area contributed by atoms with E-state index in [9.17, 15) is 0 Å². The highest BCUT2D eigenvalue weighted by Crippen LogP contribution is 2.46.